The summed E-state index contributed by atoms with van der Waals surface area (Å²) >= 11 is 0. The van der Waals surface area contributed by atoms with E-state index in [1.54, 1.807) is 13.4 Å². The van der Waals surface area contributed by atoms with Crippen LogP contribution in [0.15, 0.2) is 59.9 Å². The Morgan fingerprint density at radius 2 is 1.82 bits per heavy atom. The fourth-order valence-corrected chi connectivity index (χ4v) is 7.26. The number of methoxy groups -OCH3 is 1. The van der Waals surface area contributed by atoms with Gasteiger partial charge in [-0.15, -0.1) is 0 Å². The first kappa shape index (κ1) is 26.8. The first-order valence-electron chi connectivity index (χ1n) is 13.5. The Kier molecular flexibility index (Phi) is 8.45. The number of hydrogen-bond acceptors (Lipinski definition) is 5. The van der Waals surface area contributed by atoms with Gasteiger partial charge in [0.1, 0.15) is 16.5 Å². The van der Waals surface area contributed by atoms with Crippen LogP contribution in [0.5, 0.6) is 5.75 Å². The smallest absolute Gasteiger partial charge is 0.243 e. The molecule has 0 saturated heterocycles. The minimum absolute atomic E-state index is 0.275. The van der Waals surface area contributed by atoms with Gasteiger partial charge in [0, 0.05) is 30.4 Å². The van der Waals surface area contributed by atoms with Crippen molar-refractivity contribution in [2.75, 3.05) is 20.2 Å². The van der Waals surface area contributed by atoms with Gasteiger partial charge in [0.2, 0.25) is 10.0 Å². The molecule has 1 heterocycles. The molecular formula is C29H37FN4O3S. The van der Waals surface area contributed by atoms with Gasteiger partial charge >= 0.3 is 0 Å². The Hall–Kier alpha value is -2.75. The molecule has 2 aromatic carbocycles. The second-order valence-corrected chi connectivity index (χ2v) is 12.4. The molecule has 7 nitrogen and oxygen atoms in total. The monoisotopic (exact) mass is 540 g/mol. The highest BCUT2D eigenvalue weighted by Crippen LogP contribution is 2.37. The van der Waals surface area contributed by atoms with Crippen LogP contribution in [-0.2, 0) is 22.9 Å². The molecule has 1 fully saturated rings. The summed E-state index contributed by atoms with van der Waals surface area (Å²) in [6.45, 7) is 1.31. The molecule has 2 atom stereocenters. The van der Waals surface area contributed by atoms with E-state index in [1.165, 1.54) is 35.4 Å². The minimum atomic E-state index is -3.84. The third kappa shape index (κ3) is 6.27. The number of halogens is 1. The molecular weight excluding hydrogens is 503 g/mol. The number of rotatable bonds is 10. The van der Waals surface area contributed by atoms with Crippen LogP contribution in [0.25, 0.3) is 0 Å². The maximum atomic E-state index is 14.0. The predicted molar refractivity (Wildman–Crippen MR) is 145 cm³/mol. The topological polar surface area (TPSA) is 96.1 Å². The minimum Gasteiger partial charge on any atom is -0.497 e. The molecule has 1 saturated carbocycles. The number of hydrogen-bond donors (Lipinski definition) is 3. The average Bonchev–Trinajstić information content (AvgIpc) is 3.45. The molecule has 0 aliphatic heterocycles. The Morgan fingerprint density at radius 3 is 2.53 bits per heavy atom. The third-order valence-corrected chi connectivity index (χ3v) is 9.73. The van der Waals surface area contributed by atoms with Crippen LogP contribution in [0.2, 0.25) is 0 Å². The number of ether oxygens (including phenoxy) is 1. The highest BCUT2D eigenvalue weighted by molar-refractivity contribution is 7.89. The van der Waals surface area contributed by atoms with Crippen molar-refractivity contribution in [1.29, 1.82) is 0 Å². The van der Waals surface area contributed by atoms with Crippen LogP contribution in [-0.4, -0.2) is 44.6 Å². The Morgan fingerprint density at radius 1 is 1.05 bits per heavy atom. The van der Waals surface area contributed by atoms with Crippen molar-refractivity contribution in [2.45, 2.75) is 61.8 Å². The molecule has 3 aromatic rings. The van der Waals surface area contributed by atoms with Crippen LogP contribution in [0.1, 0.15) is 54.8 Å². The van der Waals surface area contributed by atoms with Gasteiger partial charge in [-0.3, -0.25) is 0 Å². The summed E-state index contributed by atoms with van der Waals surface area (Å²) in [4.78, 5) is 7.21. The highest BCUT2D eigenvalue weighted by atomic mass is 32.2. The zero-order valence-corrected chi connectivity index (χ0v) is 22.6. The predicted octanol–water partition coefficient (Wildman–Crippen LogP) is 4.57. The number of nitrogens with zero attached hydrogens (tertiary/aromatic N) is 1. The number of imidazole rings is 1. The number of fused-ring (bicyclic) bond motifs is 1. The lowest BCUT2D eigenvalue weighted by atomic mass is 9.76. The van der Waals surface area contributed by atoms with E-state index >= 15 is 0 Å². The molecule has 2 aliphatic rings. The maximum Gasteiger partial charge on any atom is 0.243 e. The lowest BCUT2D eigenvalue weighted by molar-refractivity contribution is 0.252. The summed E-state index contributed by atoms with van der Waals surface area (Å²) in [6, 6.07) is 12.3. The first-order chi connectivity index (χ1) is 18.4. The number of sulfonamides is 1. The van der Waals surface area contributed by atoms with Gasteiger partial charge < -0.3 is 15.0 Å². The number of aromatic amines is 1. The molecule has 3 N–H and O–H groups in total. The van der Waals surface area contributed by atoms with Gasteiger partial charge in [0.25, 0.3) is 0 Å². The van der Waals surface area contributed by atoms with E-state index in [9.17, 15) is 12.8 Å². The molecule has 0 spiro atoms. The summed E-state index contributed by atoms with van der Waals surface area (Å²) in [5, 5.41) is 3.90. The second-order valence-electron chi connectivity index (χ2n) is 10.7. The normalized spacial score (nSPS) is 23.6. The molecule has 9 heteroatoms. The molecule has 0 radical (unpaired) electrons. The van der Waals surface area contributed by atoms with Crippen molar-refractivity contribution >= 4 is 10.0 Å². The van der Waals surface area contributed by atoms with E-state index in [-0.39, 0.29) is 10.8 Å². The maximum absolute atomic E-state index is 14.0. The summed E-state index contributed by atoms with van der Waals surface area (Å²) in [5.74, 6) is 1.39. The van der Waals surface area contributed by atoms with Crippen molar-refractivity contribution < 1.29 is 17.5 Å². The number of benzene rings is 2. The molecule has 38 heavy (non-hydrogen) atoms. The van der Waals surface area contributed by atoms with Crippen LogP contribution in [0, 0.1) is 17.7 Å². The molecule has 5 rings (SSSR count). The molecule has 204 valence electrons. The van der Waals surface area contributed by atoms with Crippen LogP contribution >= 0.6 is 0 Å². The van der Waals surface area contributed by atoms with Gasteiger partial charge in [-0.2, -0.15) is 0 Å². The number of H-pyrrole nitrogens is 1. The van der Waals surface area contributed by atoms with Gasteiger partial charge in [0.15, 0.2) is 0 Å². The molecule has 0 bridgehead atoms. The van der Waals surface area contributed by atoms with Crippen LogP contribution in [0.3, 0.4) is 0 Å². The van der Waals surface area contributed by atoms with Crippen molar-refractivity contribution in [3.63, 3.8) is 0 Å². The van der Waals surface area contributed by atoms with Gasteiger partial charge in [-0.1, -0.05) is 18.2 Å². The van der Waals surface area contributed by atoms with Crippen molar-refractivity contribution in [3.8, 4) is 5.75 Å². The second kappa shape index (κ2) is 12.0. The van der Waals surface area contributed by atoms with Crippen LogP contribution < -0.4 is 14.8 Å². The van der Waals surface area contributed by atoms with E-state index in [4.69, 9.17) is 4.74 Å². The lowest BCUT2D eigenvalue weighted by Gasteiger charge is -2.36. The van der Waals surface area contributed by atoms with Gasteiger partial charge in [-0.25, -0.2) is 22.5 Å². The highest BCUT2D eigenvalue weighted by Gasteiger charge is 2.31. The summed E-state index contributed by atoms with van der Waals surface area (Å²) in [5.41, 5.74) is 3.89. The quantitative estimate of drug-likeness (QED) is 0.350. The van der Waals surface area contributed by atoms with Crippen molar-refractivity contribution in [2.24, 2.45) is 11.8 Å². The summed E-state index contributed by atoms with van der Waals surface area (Å²) in [7, 11) is -2.13. The largest absolute Gasteiger partial charge is 0.497 e. The molecule has 2 aliphatic carbocycles. The average molecular weight is 541 g/mol. The van der Waals surface area contributed by atoms with Gasteiger partial charge in [0.05, 0.1) is 13.4 Å². The van der Waals surface area contributed by atoms with Crippen molar-refractivity contribution in [3.05, 3.63) is 77.6 Å². The Bertz CT molecular complexity index is 1310. The summed E-state index contributed by atoms with van der Waals surface area (Å²) < 4.78 is 47.1. The fourth-order valence-electron chi connectivity index (χ4n) is 6.07. The molecule has 1 unspecified atom stereocenters. The SMILES string of the molecule is COc1ccc2c(c1)CCC(NCC1CCC(CNS(=O)(=O)c3ccccc3F)CC1)[C@@H]2Cc1cnc[nH]1. The Labute approximate surface area is 224 Å². The number of nitrogens with one attached hydrogen (secondary N) is 3. The van der Waals surface area contributed by atoms with Crippen molar-refractivity contribution in [1.82, 2.24) is 20.0 Å². The van der Waals surface area contributed by atoms with Gasteiger partial charge in [-0.05, 0) is 98.7 Å². The van der Waals surface area contributed by atoms with E-state index in [2.05, 4.69) is 38.2 Å². The zero-order chi connectivity index (χ0) is 26.5. The molecule has 1 aromatic heterocycles. The third-order valence-electron chi connectivity index (χ3n) is 8.28. The standard InChI is InChI=1S/C29H37FN4O3S/c1-37-24-11-12-25-22(14-24)10-13-28(26(25)15-23-18-31-19-33-23)32-16-20-6-8-21(9-7-20)17-34-38(35,36)29-5-3-2-4-27(29)30/h2-5,11-12,14,18-21,26,28,32,34H,6-10,13,15-17H2,1H3,(H,31,33)/t20?,21?,26-,28?/m1/s1. The van der Waals surface area contributed by atoms with E-state index in [0.717, 1.165) is 62.9 Å². The fraction of sp³-hybridized carbons (Fsp3) is 0.483. The molecule has 0 amide bonds. The first-order valence-corrected chi connectivity index (χ1v) is 15.0. The number of aryl methyl sites for hydroxylation is 1. The number of aromatic nitrogens is 2. The van der Waals surface area contributed by atoms with E-state index in [1.807, 2.05) is 6.20 Å². The summed E-state index contributed by atoms with van der Waals surface area (Å²) in [6.07, 6.45) is 10.7. The van der Waals surface area contributed by atoms with Crippen LogP contribution in [0.4, 0.5) is 4.39 Å². The Balaban J connectivity index is 1.14. The van der Waals surface area contributed by atoms with E-state index in [0.29, 0.717) is 24.4 Å². The lowest BCUT2D eigenvalue weighted by Crippen LogP contribution is -2.42. The zero-order valence-electron chi connectivity index (χ0n) is 21.8. The van der Waals surface area contributed by atoms with E-state index < -0.39 is 15.8 Å².